The van der Waals surface area contributed by atoms with Gasteiger partial charge < -0.3 is 14.5 Å². The normalized spacial score (nSPS) is 22.6. The predicted molar refractivity (Wildman–Crippen MR) is 73.6 cm³/mol. The zero-order valence-corrected chi connectivity index (χ0v) is 12.3. The van der Waals surface area contributed by atoms with Gasteiger partial charge in [-0.2, -0.15) is 0 Å². The number of carbonyl (C=O) groups excluding carboxylic acids is 1. The third-order valence-electron chi connectivity index (χ3n) is 3.45. The molecule has 2 aromatic rings. The van der Waals surface area contributed by atoms with Crippen molar-refractivity contribution in [1.82, 2.24) is 15.0 Å². The second-order valence-electron chi connectivity index (χ2n) is 4.78. The van der Waals surface area contributed by atoms with Gasteiger partial charge in [-0.25, -0.2) is 4.98 Å². The predicted octanol–water partition coefficient (Wildman–Crippen LogP) is 1.55. The molecule has 104 valence electrons. The highest BCUT2D eigenvalue weighted by Gasteiger charge is 2.48. The summed E-state index contributed by atoms with van der Waals surface area (Å²) in [4.78, 5) is 17.5. The summed E-state index contributed by atoms with van der Waals surface area (Å²) in [5, 5.41) is 14.4. The van der Waals surface area contributed by atoms with Crippen LogP contribution in [0.1, 0.15) is 12.2 Å². The van der Waals surface area contributed by atoms with E-state index < -0.39 is 5.60 Å². The lowest BCUT2D eigenvalue weighted by Gasteiger charge is -2.16. The summed E-state index contributed by atoms with van der Waals surface area (Å²) in [6, 6.07) is 5.16. The van der Waals surface area contributed by atoms with Crippen molar-refractivity contribution < 1.29 is 14.4 Å². The van der Waals surface area contributed by atoms with Crippen LogP contribution in [-0.4, -0.2) is 39.6 Å². The largest absolute Gasteiger partial charge is 0.373 e. The van der Waals surface area contributed by atoms with Gasteiger partial charge in [0.2, 0.25) is 5.60 Å². The van der Waals surface area contributed by atoms with Gasteiger partial charge in [0.1, 0.15) is 10.3 Å². The minimum absolute atomic E-state index is 0.176. The second kappa shape index (κ2) is 4.68. The van der Waals surface area contributed by atoms with Gasteiger partial charge in [-0.3, -0.25) is 4.79 Å². The molecule has 6 nitrogen and oxygen atoms in total. The first-order valence-corrected chi connectivity index (χ1v) is 6.87. The molecule has 1 aliphatic heterocycles. The summed E-state index contributed by atoms with van der Waals surface area (Å²) in [5.74, 6) is -0.189. The fourth-order valence-electron chi connectivity index (χ4n) is 2.25. The second-order valence-corrected chi connectivity index (χ2v) is 5.59. The van der Waals surface area contributed by atoms with Crippen molar-refractivity contribution in [3.63, 3.8) is 0 Å². The molecule has 0 bridgehead atoms. The van der Waals surface area contributed by atoms with Crippen LogP contribution in [0.25, 0.3) is 11.3 Å². The first-order valence-electron chi connectivity index (χ1n) is 6.08. The Morgan fingerprint density at radius 3 is 2.95 bits per heavy atom. The molecule has 1 atom stereocenters. The van der Waals surface area contributed by atoms with Crippen LogP contribution >= 0.6 is 15.9 Å². The Morgan fingerprint density at radius 1 is 1.50 bits per heavy atom. The Morgan fingerprint density at radius 2 is 2.30 bits per heavy atom. The fourth-order valence-corrected chi connectivity index (χ4v) is 2.62. The number of aliphatic hydroxyl groups is 1. The molecule has 0 saturated carbocycles. The van der Waals surface area contributed by atoms with E-state index in [4.69, 9.17) is 4.52 Å². The molecule has 1 N–H and O–H groups in total. The number of likely N-dealkylation sites (N-methyl/N-ethyl adjacent to an activating group) is 1. The molecular formula is C13H12BrN3O3. The Kier molecular flexibility index (Phi) is 3.10. The van der Waals surface area contributed by atoms with Crippen LogP contribution in [-0.2, 0) is 10.4 Å². The maximum absolute atomic E-state index is 12.0. The topological polar surface area (TPSA) is 79.5 Å². The minimum atomic E-state index is -1.61. The molecule has 20 heavy (non-hydrogen) atoms. The number of aromatic nitrogens is 2. The number of rotatable bonds is 2. The van der Waals surface area contributed by atoms with Crippen LogP contribution < -0.4 is 0 Å². The van der Waals surface area contributed by atoms with Gasteiger partial charge in [-0.1, -0.05) is 5.16 Å². The molecule has 0 aromatic carbocycles. The highest BCUT2D eigenvalue weighted by atomic mass is 79.9. The molecule has 0 aliphatic carbocycles. The molecule has 3 heterocycles. The fraction of sp³-hybridized carbons (Fsp3) is 0.308. The summed E-state index contributed by atoms with van der Waals surface area (Å²) >= 11 is 3.28. The first kappa shape index (κ1) is 13.3. The van der Waals surface area contributed by atoms with E-state index in [1.54, 1.807) is 31.4 Å². The molecule has 1 saturated heterocycles. The molecule has 1 amide bonds. The van der Waals surface area contributed by atoms with Crippen molar-refractivity contribution in [2.45, 2.75) is 12.0 Å². The van der Waals surface area contributed by atoms with Crippen LogP contribution in [0.3, 0.4) is 0 Å². The van der Waals surface area contributed by atoms with Crippen LogP contribution in [0.5, 0.6) is 0 Å². The molecule has 0 spiro atoms. The van der Waals surface area contributed by atoms with Crippen molar-refractivity contribution in [3.05, 3.63) is 34.8 Å². The number of amides is 1. The summed E-state index contributed by atoms with van der Waals surface area (Å²) < 4.78 is 5.86. The third-order valence-corrected chi connectivity index (χ3v) is 3.88. The number of hydrogen-bond acceptors (Lipinski definition) is 5. The average molecular weight is 338 g/mol. The lowest BCUT2D eigenvalue weighted by Crippen LogP contribution is -2.35. The molecule has 3 rings (SSSR count). The van der Waals surface area contributed by atoms with Crippen molar-refractivity contribution >= 4 is 21.8 Å². The van der Waals surface area contributed by atoms with E-state index in [1.807, 2.05) is 0 Å². The van der Waals surface area contributed by atoms with Crippen LogP contribution in [0.4, 0.5) is 0 Å². The minimum Gasteiger partial charge on any atom is -0.373 e. The Bertz CT molecular complexity index is 672. The Hall–Kier alpha value is -1.73. The first-order chi connectivity index (χ1) is 9.50. The third kappa shape index (κ3) is 2.03. The van der Waals surface area contributed by atoms with E-state index in [9.17, 15) is 9.90 Å². The smallest absolute Gasteiger partial charge is 0.262 e. The van der Waals surface area contributed by atoms with E-state index in [1.165, 1.54) is 4.90 Å². The zero-order chi connectivity index (χ0) is 14.3. The lowest BCUT2D eigenvalue weighted by atomic mass is 9.98. The number of halogens is 1. The zero-order valence-electron chi connectivity index (χ0n) is 10.7. The highest BCUT2D eigenvalue weighted by molar-refractivity contribution is 9.10. The van der Waals surface area contributed by atoms with Crippen LogP contribution in [0.2, 0.25) is 0 Å². The molecule has 7 heteroatoms. The van der Waals surface area contributed by atoms with Crippen molar-refractivity contribution in [2.24, 2.45) is 0 Å². The molecule has 2 aromatic heterocycles. The molecule has 1 fully saturated rings. The van der Waals surface area contributed by atoms with Crippen molar-refractivity contribution in [3.8, 4) is 11.3 Å². The number of likely N-dealkylation sites (tertiary alicyclic amines) is 1. The molecular weight excluding hydrogens is 326 g/mol. The number of hydrogen-bond donors (Lipinski definition) is 1. The highest BCUT2D eigenvalue weighted by Crippen LogP contribution is 2.34. The van der Waals surface area contributed by atoms with Gasteiger partial charge in [-0.05, 0) is 28.1 Å². The summed E-state index contributed by atoms with van der Waals surface area (Å²) in [5.41, 5.74) is -0.257. The van der Waals surface area contributed by atoms with Gasteiger partial charge >= 0.3 is 0 Å². The lowest BCUT2D eigenvalue weighted by molar-refractivity contribution is -0.144. The summed E-state index contributed by atoms with van der Waals surface area (Å²) in [7, 11) is 1.65. The standard InChI is InChI=1S/C13H12BrN3O3/c1-17-5-3-13(19,12(17)18)10-7-9(16-20-10)8-2-4-15-11(14)6-8/h2,4,6-7,19H,3,5H2,1H3. The van der Waals surface area contributed by atoms with E-state index in [0.717, 1.165) is 5.56 Å². The van der Waals surface area contributed by atoms with E-state index in [-0.39, 0.29) is 11.7 Å². The van der Waals surface area contributed by atoms with Crippen LogP contribution in [0, 0.1) is 0 Å². The Labute approximate surface area is 123 Å². The maximum atomic E-state index is 12.0. The van der Waals surface area contributed by atoms with Gasteiger partial charge in [0, 0.05) is 37.8 Å². The monoisotopic (exact) mass is 337 g/mol. The summed E-state index contributed by atoms with van der Waals surface area (Å²) in [6.07, 6.45) is 1.94. The molecule has 1 unspecified atom stereocenters. The van der Waals surface area contributed by atoms with Gasteiger partial charge in [0.25, 0.3) is 5.91 Å². The van der Waals surface area contributed by atoms with Crippen molar-refractivity contribution in [2.75, 3.05) is 13.6 Å². The quantitative estimate of drug-likeness (QED) is 0.841. The van der Waals surface area contributed by atoms with E-state index in [0.29, 0.717) is 23.3 Å². The van der Waals surface area contributed by atoms with Gasteiger partial charge in [0.05, 0.1) is 0 Å². The van der Waals surface area contributed by atoms with Crippen LogP contribution in [0.15, 0.2) is 33.5 Å². The van der Waals surface area contributed by atoms with Gasteiger partial charge in [0.15, 0.2) is 5.76 Å². The molecule has 0 radical (unpaired) electrons. The molecule has 1 aliphatic rings. The average Bonchev–Trinajstić information content (AvgIpc) is 3.02. The maximum Gasteiger partial charge on any atom is 0.262 e. The van der Waals surface area contributed by atoms with Crippen molar-refractivity contribution in [1.29, 1.82) is 0 Å². The van der Waals surface area contributed by atoms with E-state index >= 15 is 0 Å². The Balaban J connectivity index is 1.97. The number of carbonyl (C=O) groups is 1. The van der Waals surface area contributed by atoms with E-state index in [2.05, 4.69) is 26.1 Å². The van der Waals surface area contributed by atoms with Gasteiger partial charge in [-0.15, -0.1) is 0 Å². The SMILES string of the molecule is CN1CCC(O)(c2cc(-c3ccnc(Br)c3)no2)C1=O. The number of nitrogens with zero attached hydrogens (tertiary/aromatic N) is 3. The number of pyridine rings is 1. The summed E-state index contributed by atoms with van der Waals surface area (Å²) in [6.45, 7) is 0.492.